The summed E-state index contributed by atoms with van der Waals surface area (Å²) in [6.45, 7) is 10.7. The third kappa shape index (κ3) is 7.67. The van der Waals surface area contributed by atoms with Crippen molar-refractivity contribution in [2.45, 2.75) is 39.5 Å². The molecular weight excluding hydrogens is 226 g/mol. The first-order chi connectivity index (χ1) is 8.68. The average molecular weight is 255 g/mol. The van der Waals surface area contributed by atoms with Crippen LogP contribution in [0.4, 0.5) is 0 Å². The van der Waals surface area contributed by atoms with E-state index in [4.69, 9.17) is 0 Å². The number of carbonyl (C=O) groups is 1. The predicted molar refractivity (Wildman–Crippen MR) is 75.6 cm³/mol. The molecular formula is C14H29N3O. The van der Waals surface area contributed by atoms with Gasteiger partial charge >= 0.3 is 0 Å². The molecule has 0 aliphatic carbocycles. The zero-order chi connectivity index (χ0) is 13.2. The van der Waals surface area contributed by atoms with Crippen molar-refractivity contribution < 1.29 is 4.79 Å². The summed E-state index contributed by atoms with van der Waals surface area (Å²) < 4.78 is 0. The first-order valence-corrected chi connectivity index (χ1v) is 7.38. The van der Waals surface area contributed by atoms with E-state index in [0.29, 0.717) is 6.42 Å². The van der Waals surface area contributed by atoms with Crippen LogP contribution in [-0.2, 0) is 4.79 Å². The van der Waals surface area contributed by atoms with Crippen LogP contribution < -0.4 is 10.6 Å². The van der Waals surface area contributed by atoms with Gasteiger partial charge in [-0.05, 0) is 31.7 Å². The Kier molecular flexibility index (Phi) is 8.01. The van der Waals surface area contributed by atoms with Gasteiger partial charge in [0.2, 0.25) is 5.91 Å². The molecule has 1 heterocycles. The van der Waals surface area contributed by atoms with Crippen molar-refractivity contribution >= 4 is 5.91 Å². The minimum absolute atomic E-state index is 0.217. The first-order valence-electron chi connectivity index (χ1n) is 7.38. The molecule has 0 aromatic heterocycles. The monoisotopic (exact) mass is 255 g/mol. The number of nitrogens with zero attached hydrogens (tertiary/aromatic N) is 1. The lowest BCUT2D eigenvalue weighted by atomic mass is 10.1. The molecule has 1 aliphatic heterocycles. The van der Waals surface area contributed by atoms with Gasteiger partial charge in [-0.1, -0.05) is 13.8 Å². The third-order valence-corrected chi connectivity index (χ3v) is 3.37. The van der Waals surface area contributed by atoms with Crippen molar-refractivity contribution in [1.29, 1.82) is 0 Å². The molecule has 18 heavy (non-hydrogen) atoms. The topological polar surface area (TPSA) is 44.4 Å². The summed E-state index contributed by atoms with van der Waals surface area (Å²) in [5.41, 5.74) is 0. The highest BCUT2D eigenvalue weighted by Gasteiger charge is 2.09. The van der Waals surface area contributed by atoms with E-state index < -0.39 is 0 Å². The second-order valence-corrected chi connectivity index (χ2v) is 5.58. The highest BCUT2D eigenvalue weighted by Crippen LogP contribution is 2.02. The van der Waals surface area contributed by atoms with E-state index in [0.717, 1.165) is 58.0 Å². The van der Waals surface area contributed by atoms with E-state index >= 15 is 0 Å². The van der Waals surface area contributed by atoms with Gasteiger partial charge in [-0.3, -0.25) is 4.79 Å². The zero-order valence-corrected chi connectivity index (χ0v) is 12.0. The number of nitrogens with one attached hydrogen (secondary N) is 2. The van der Waals surface area contributed by atoms with Crippen LogP contribution in [0, 0.1) is 5.92 Å². The summed E-state index contributed by atoms with van der Waals surface area (Å²) in [4.78, 5) is 14.0. The Morgan fingerprint density at radius 1 is 1.28 bits per heavy atom. The lowest BCUT2D eigenvalue weighted by Gasteiger charge is -2.26. The number of hydrogen-bond donors (Lipinski definition) is 2. The fraction of sp³-hybridized carbons (Fsp3) is 0.929. The van der Waals surface area contributed by atoms with Gasteiger partial charge in [-0.25, -0.2) is 0 Å². The van der Waals surface area contributed by atoms with Crippen molar-refractivity contribution in [2.75, 3.05) is 39.3 Å². The lowest BCUT2D eigenvalue weighted by molar-refractivity contribution is -0.121. The second kappa shape index (κ2) is 9.34. The molecule has 4 nitrogen and oxygen atoms in total. The van der Waals surface area contributed by atoms with Crippen LogP contribution in [0.5, 0.6) is 0 Å². The summed E-state index contributed by atoms with van der Waals surface area (Å²) in [5.74, 6) is 0.948. The number of piperazine rings is 1. The van der Waals surface area contributed by atoms with Crippen LogP contribution in [0.2, 0.25) is 0 Å². The smallest absolute Gasteiger partial charge is 0.220 e. The largest absolute Gasteiger partial charge is 0.356 e. The minimum Gasteiger partial charge on any atom is -0.356 e. The molecule has 1 aliphatic rings. The summed E-state index contributed by atoms with van der Waals surface area (Å²) in [7, 11) is 0. The van der Waals surface area contributed by atoms with Crippen molar-refractivity contribution in [2.24, 2.45) is 5.92 Å². The minimum atomic E-state index is 0.217. The Balaban J connectivity index is 1.92. The molecule has 0 unspecified atom stereocenters. The van der Waals surface area contributed by atoms with Crippen molar-refractivity contribution in [3.05, 3.63) is 0 Å². The molecule has 0 saturated carbocycles. The Hall–Kier alpha value is -0.610. The van der Waals surface area contributed by atoms with Gasteiger partial charge in [-0.15, -0.1) is 0 Å². The van der Waals surface area contributed by atoms with Gasteiger partial charge in [0.05, 0.1) is 0 Å². The van der Waals surface area contributed by atoms with E-state index in [9.17, 15) is 4.79 Å². The predicted octanol–water partition coefficient (Wildman–Crippen LogP) is 1.22. The number of amides is 1. The average Bonchev–Trinajstić information content (AvgIpc) is 2.36. The Labute approximate surface area is 111 Å². The molecule has 0 atom stereocenters. The first kappa shape index (κ1) is 15.4. The SMILES string of the molecule is CC(C)CCCNC(=O)CCCN1CCNCC1. The molecule has 1 rings (SSSR count). The maximum Gasteiger partial charge on any atom is 0.220 e. The summed E-state index contributed by atoms with van der Waals surface area (Å²) in [5, 5.41) is 6.34. The van der Waals surface area contributed by atoms with E-state index in [1.807, 2.05) is 0 Å². The van der Waals surface area contributed by atoms with Crippen LogP contribution in [0.25, 0.3) is 0 Å². The normalized spacial score (nSPS) is 17.1. The lowest BCUT2D eigenvalue weighted by Crippen LogP contribution is -2.43. The van der Waals surface area contributed by atoms with Gasteiger partial charge in [0.15, 0.2) is 0 Å². The van der Waals surface area contributed by atoms with E-state index in [-0.39, 0.29) is 5.91 Å². The van der Waals surface area contributed by atoms with E-state index in [1.54, 1.807) is 0 Å². The quantitative estimate of drug-likeness (QED) is 0.641. The molecule has 2 N–H and O–H groups in total. The van der Waals surface area contributed by atoms with E-state index in [2.05, 4.69) is 29.4 Å². The highest BCUT2D eigenvalue weighted by atomic mass is 16.1. The number of carbonyl (C=O) groups excluding carboxylic acids is 1. The van der Waals surface area contributed by atoms with E-state index in [1.165, 1.54) is 6.42 Å². The van der Waals surface area contributed by atoms with Gasteiger partial charge in [0.25, 0.3) is 0 Å². The van der Waals surface area contributed by atoms with Crippen LogP contribution in [0.3, 0.4) is 0 Å². The zero-order valence-electron chi connectivity index (χ0n) is 12.0. The van der Waals surface area contributed by atoms with Crippen LogP contribution in [0.15, 0.2) is 0 Å². The molecule has 106 valence electrons. The molecule has 0 radical (unpaired) electrons. The summed E-state index contributed by atoms with van der Waals surface area (Å²) >= 11 is 0. The summed E-state index contributed by atoms with van der Waals surface area (Å²) in [6, 6.07) is 0. The standard InChI is InChI=1S/C14H29N3O/c1-13(2)5-3-7-16-14(18)6-4-10-17-11-8-15-9-12-17/h13,15H,3-12H2,1-2H3,(H,16,18). The fourth-order valence-electron chi connectivity index (χ4n) is 2.22. The van der Waals surface area contributed by atoms with Crippen LogP contribution in [-0.4, -0.2) is 50.1 Å². The fourth-order valence-corrected chi connectivity index (χ4v) is 2.22. The maximum atomic E-state index is 11.6. The molecule has 1 amide bonds. The Bertz CT molecular complexity index is 225. The molecule has 0 spiro atoms. The molecule has 1 fully saturated rings. The highest BCUT2D eigenvalue weighted by molar-refractivity contribution is 5.75. The molecule has 0 aromatic carbocycles. The second-order valence-electron chi connectivity index (χ2n) is 5.58. The Morgan fingerprint density at radius 3 is 2.67 bits per heavy atom. The molecule has 0 aromatic rings. The van der Waals surface area contributed by atoms with Gasteiger partial charge in [-0.2, -0.15) is 0 Å². The molecule has 4 heteroatoms. The number of hydrogen-bond acceptors (Lipinski definition) is 3. The van der Waals surface area contributed by atoms with Crippen molar-refractivity contribution in [3.63, 3.8) is 0 Å². The molecule has 1 saturated heterocycles. The van der Waals surface area contributed by atoms with Crippen molar-refractivity contribution in [3.8, 4) is 0 Å². The van der Waals surface area contributed by atoms with Crippen molar-refractivity contribution in [1.82, 2.24) is 15.5 Å². The maximum absolute atomic E-state index is 11.6. The summed E-state index contributed by atoms with van der Waals surface area (Å²) in [6.07, 6.45) is 3.95. The van der Waals surface area contributed by atoms with Crippen LogP contribution >= 0.6 is 0 Å². The van der Waals surface area contributed by atoms with Gasteiger partial charge < -0.3 is 15.5 Å². The number of rotatable bonds is 8. The van der Waals surface area contributed by atoms with Crippen LogP contribution in [0.1, 0.15) is 39.5 Å². The third-order valence-electron chi connectivity index (χ3n) is 3.37. The van der Waals surface area contributed by atoms with Gasteiger partial charge in [0, 0.05) is 39.1 Å². The van der Waals surface area contributed by atoms with Gasteiger partial charge in [0.1, 0.15) is 0 Å². The Morgan fingerprint density at radius 2 is 2.00 bits per heavy atom. The molecule has 0 bridgehead atoms.